The van der Waals surface area contributed by atoms with Crippen molar-refractivity contribution in [3.8, 4) is 0 Å². The van der Waals surface area contributed by atoms with Gasteiger partial charge in [-0.25, -0.2) is 14.6 Å². The Labute approximate surface area is 187 Å². The van der Waals surface area contributed by atoms with Gasteiger partial charge in [-0.15, -0.1) is 11.3 Å². The SMILES string of the molecule is COC(=O)C(CO[Si](C)(C)C(C)(C)C)NC(=O)c1csc(C2=CCN(C(=O)O)CC2)n1. The lowest BCUT2D eigenvalue weighted by molar-refractivity contribution is -0.143. The van der Waals surface area contributed by atoms with Crippen LogP contribution in [0, 0.1) is 0 Å². The molecule has 0 spiro atoms. The fourth-order valence-electron chi connectivity index (χ4n) is 2.61. The fourth-order valence-corrected chi connectivity index (χ4v) is 4.50. The maximum atomic E-state index is 12.7. The van der Waals surface area contributed by atoms with E-state index in [0.717, 1.165) is 5.57 Å². The maximum absolute atomic E-state index is 12.7. The predicted molar refractivity (Wildman–Crippen MR) is 121 cm³/mol. The van der Waals surface area contributed by atoms with E-state index in [-0.39, 0.29) is 17.3 Å². The van der Waals surface area contributed by atoms with Gasteiger partial charge in [0.25, 0.3) is 5.91 Å². The molecule has 0 saturated carbocycles. The van der Waals surface area contributed by atoms with Gasteiger partial charge in [-0.1, -0.05) is 26.8 Å². The van der Waals surface area contributed by atoms with Crippen LogP contribution in [0.1, 0.15) is 42.7 Å². The lowest BCUT2D eigenvalue weighted by Crippen LogP contribution is -2.49. The van der Waals surface area contributed by atoms with Gasteiger partial charge in [-0.2, -0.15) is 0 Å². The number of ether oxygens (including phenoxy) is 1. The number of thiazole rings is 1. The molecule has 1 aromatic rings. The molecule has 2 N–H and O–H groups in total. The number of hydrogen-bond acceptors (Lipinski definition) is 7. The molecule has 1 aliphatic rings. The monoisotopic (exact) mass is 469 g/mol. The Bertz CT molecular complexity index is 861. The molecule has 0 aromatic carbocycles. The predicted octanol–water partition coefficient (Wildman–Crippen LogP) is 3.20. The van der Waals surface area contributed by atoms with Gasteiger partial charge in [-0.05, 0) is 30.1 Å². The van der Waals surface area contributed by atoms with Gasteiger partial charge in [0.1, 0.15) is 16.7 Å². The number of nitrogens with zero attached hydrogens (tertiary/aromatic N) is 2. The Kier molecular flexibility index (Phi) is 8.01. The third-order valence-electron chi connectivity index (χ3n) is 5.70. The van der Waals surface area contributed by atoms with Crippen molar-refractivity contribution in [3.63, 3.8) is 0 Å². The summed E-state index contributed by atoms with van der Waals surface area (Å²) >= 11 is 1.31. The summed E-state index contributed by atoms with van der Waals surface area (Å²) in [7, 11) is -0.846. The molecular formula is C20H31N3O6SSi. The number of nitrogens with one attached hydrogen (secondary N) is 1. The number of aromatic nitrogens is 1. The molecule has 2 rings (SSSR count). The summed E-state index contributed by atoms with van der Waals surface area (Å²) in [5.74, 6) is -1.06. The molecule has 2 heterocycles. The number of esters is 1. The summed E-state index contributed by atoms with van der Waals surface area (Å²) < 4.78 is 10.9. The van der Waals surface area contributed by atoms with Crippen LogP contribution in [0.25, 0.3) is 5.57 Å². The van der Waals surface area contributed by atoms with Gasteiger partial charge >= 0.3 is 12.1 Å². The van der Waals surface area contributed by atoms with Crippen molar-refractivity contribution in [2.24, 2.45) is 0 Å². The molecule has 1 aliphatic heterocycles. The van der Waals surface area contributed by atoms with Crippen molar-refractivity contribution < 1.29 is 28.7 Å². The minimum atomic E-state index is -2.11. The van der Waals surface area contributed by atoms with Crippen molar-refractivity contribution in [3.05, 3.63) is 22.2 Å². The molecule has 11 heteroatoms. The van der Waals surface area contributed by atoms with E-state index in [0.29, 0.717) is 24.5 Å². The summed E-state index contributed by atoms with van der Waals surface area (Å²) in [6, 6.07) is -0.935. The van der Waals surface area contributed by atoms with E-state index in [1.807, 2.05) is 6.08 Å². The van der Waals surface area contributed by atoms with Crippen LogP contribution in [0.2, 0.25) is 18.1 Å². The number of methoxy groups -OCH3 is 1. The third kappa shape index (κ3) is 6.37. The number of rotatable bonds is 7. The average molecular weight is 470 g/mol. The van der Waals surface area contributed by atoms with Gasteiger partial charge < -0.3 is 24.5 Å². The van der Waals surface area contributed by atoms with Crippen LogP contribution in [0.15, 0.2) is 11.5 Å². The van der Waals surface area contributed by atoms with Crippen LogP contribution in [0.4, 0.5) is 4.79 Å². The van der Waals surface area contributed by atoms with Crippen LogP contribution >= 0.6 is 11.3 Å². The summed E-state index contributed by atoms with van der Waals surface area (Å²) in [5.41, 5.74) is 1.11. The van der Waals surface area contributed by atoms with Crippen molar-refractivity contribution in [2.45, 2.75) is 51.4 Å². The fraction of sp³-hybridized carbons (Fsp3) is 0.600. The second-order valence-electron chi connectivity index (χ2n) is 8.87. The Hall–Kier alpha value is -2.24. The highest BCUT2D eigenvalue weighted by Crippen LogP contribution is 2.36. The van der Waals surface area contributed by atoms with E-state index in [1.54, 1.807) is 5.38 Å². The molecule has 9 nitrogen and oxygen atoms in total. The molecule has 0 radical (unpaired) electrons. The first-order valence-electron chi connectivity index (χ1n) is 10.0. The van der Waals surface area contributed by atoms with Crippen molar-refractivity contribution in [1.82, 2.24) is 15.2 Å². The van der Waals surface area contributed by atoms with Gasteiger partial charge in [0, 0.05) is 18.5 Å². The quantitative estimate of drug-likeness (QED) is 0.465. The number of carboxylic acid groups (broad SMARTS) is 1. The molecule has 0 saturated heterocycles. The van der Waals surface area contributed by atoms with Crippen molar-refractivity contribution in [1.29, 1.82) is 0 Å². The maximum Gasteiger partial charge on any atom is 0.407 e. The highest BCUT2D eigenvalue weighted by molar-refractivity contribution is 7.11. The molecule has 1 aromatic heterocycles. The molecule has 31 heavy (non-hydrogen) atoms. The first-order valence-corrected chi connectivity index (χ1v) is 13.8. The zero-order valence-electron chi connectivity index (χ0n) is 18.9. The summed E-state index contributed by atoms with van der Waals surface area (Å²) in [5, 5.41) is 14.0. The highest BCUT2D eigenvalue weighted by atomic mass is 32.1. The first-order chi connectivity index (χ1) is 14.4. The molecule has 0 bridgehead atoms. The summed E-state index contributed by atoms with van der Waals surface area (Å²) in [6.07, 6.45) is 1.39. The Balaban J connectivity index is 2.06. The molecule has 1 unspecified atom stereocenters. The van der Waals surface area contributed by atoms with Crippen LogP contribution < -0.4 is 5.32 Å². The lowest BCUT2D eigenvalue weighted by Gasteiger charge is -2.37. The second kappa shape index (κ2) is 9.92. The Morgan fingerprint density at radius 3 is 2.55 bits per heavy atom. The van der Waals surface area contributed by atoms with E-state index in [2.05, 4.69) is 44.2 Å². The molecule has 172 valence electrons. The molecule has 2 amide bonds. The normalized spacial score (nSPS) is 15.8. The van der Waals surface area contributed by atoms with Crippen LogP contribution in [0.5, 0.6) is 0 Å². The zero-order valence-corrected chi connectivity index (χ0v) is 20.7. The molecule has 0 aliphatic carbocycles. The van der Waals surface area contributed by atoms with Crippen LogP contribution in [-0.4, -0.2) is 74.1 Å². The van der Waals surface area contributed by atoms with Crippen molar-refractivity contribution >= 4 is 43.2 Å². The standard InChI is InChI=1S/C20H31N3O6SSi/c1-20(2,3)31(5,6)29-11-14(18(25)28-4)21-16(24)15-12-30-17(22-15)13-7-9-23(10-8-13)19(26)27/h7,12,14H,8-11H2,1-6H3,(H,21,24)(H,26,27). The second-order valence-corrected chi connectivity index (χ2v) is 14.5. The Morgan fingerprint density at radius 1 is 1.35 bits per heavy atom. The van der Waals surface area contributed by atoms with Gasteiger partial charge in [0.15, 0.2) is 8.32 Å². The largest absolute Gasteiger partial charge is 0.467 e. The lowest BCUT2D eigenvalue weighted by atomic mass is 10.1. The number of carbonyl (C=O) groups is 3. The minimum absolute atomic E-state index is 0.0298. The first kappa shape index (κ1) is 25.0. The zero-order chi connectivity index (χ0) is 23.4. The summed E-state index contributed by atoms with van der Waals surface area (Å²) in [4.78, 5) is 41.6. The number of amides is 2. The topological polar surface area (TPSA) is 118 Å². The molecule has 1 atom stereocenters. The van der Waals surface area contributed by atoms with Crippen LogP contribution in [0.3, 0.4) is 0 Å². The molecule has 0 fully saturated rings. The van der Waals surface area contributed by atoms with Crippen molar-refractivity contribution in [2.75, 3.05) is 26.8 Å². The van der Waals surface area contributed by atoms with E-state index < -0.39 is 32.3 Å². The van der Waals surface area contributed by atoms with Crippen LogP contribution in [-0.2, 0) is 14.0 Å². The van der Waals surface area contributed by atoms with E-state index >= 15 is 0 Å². The smallest absolute Gasteiger partial charge is 0.407 e. The Morgan fingerprint density at radius 2 is 2.03 bits per heavy atom. The minimum Gasteiger partial charge on any atom is -0.467 e. The van der Waals surface area contributed by atoms with Gasteiger partial charge in [-0.3, -0.25) is 4.79 Å². The van der Waals surface area contributed by atoms with E-state index in [9.17, 15) is 14.4 Å². The van der Waals surface area contributed by atoms with E-state index in [1.165, 1.54) is 23.3 Å². The average Bonchev–Trinajstić information content (AvgIpc) is 3.20. The summed E-state index contributed by atoms with van der Waals surface area (Å²) in [6.45, 7) is 11.1. The third-order valence-corrected chi connectivity index (χ3v) is 11.1. The molecular weight excluding hydrogens is 438 g/mol. The number of carbonyl (C=O) groups excluding carboxylic acids is 2. The highest BCUT2D eigenvalue weighted by Gasteiger charge is 2.38. The number of hydrogen-bond donors (Lipinski definition) is 2. The van der Waals surface area contributed by atoms with E-state index in [4.69, 9.17) is 14.3 Å². The van der Waals surface area contributed by atoms with Gasteiger partial charge in [0.05, 0.1) is 13.7 Å². The van der Waals surface area contributed by atoms with Gasteiger partial charge in [0.2, 0.25) is 0 Å².